The molecule has 1 aliphatic heterocycles. The molecule has 0 aliphatic carbocycles. The van der Waals surface area contributed by atoms with E-state index in [4.69, 9.17) is 16.0 Å². The number of ketones is 1. The molecule has 2 aromatic rings. The van der Waals surface area contributed by atoms with Gasteiger partial charge >= 0.3 is 0 Å². The molecule has 1 fully saturated rings. The number of furan rings is 1. The SMILES string of the molecule is CN1CCN(C)C(C(=O)c2cc3cccc(Cl)c3o2)C1. The summed E-state index contributed by atoms with van der Waals surface area (Å²) in [5.41, 5.74) is 0.587. The van der Waals surface area contributed by atoms with Gasteiger partial charge in [-0.3, -0.25) is 9.69 Å². The maximum absolute atomic E-state index is 12.6. The second-order valence-corrected chi connectivity index (χ2v) is 5.80. The summed E-state index contributed by atoms with van der Waals surface area (Å²) in [7, 11) is 4.01. The zero-order valence-electron chi connectivity index (χ0n) is 11.6. The van der Waals surface area contributed by atoms with E-state index in [1.165, 1.54) is 0 Å². The summed E-state index contributed by atoms with van der Waals surface area (Å²) >= 11 is 6.09. The van der Waals surface area contributed by atoms with Gasteiger partial charge in [-0.25, -0.2) is 0 Å². The minimum absolute atomic E-state index is 0.0197. The highest BCUT2D eigenvalue weighted by atomic mass is 35.5. The fourth-order valence-electron chi connectivity index (χ4n) is 2.61. The van der Waals surface area contributed by atoms with Crippen molar-refractivity contribution in [2.24, 2.45) is 0 Å². The number of carbonyl (C=O) groups is 1. The molecule has 4 nitrogen and oxygen atoms in total. The number of rotatable bonds is 2. The van der Waals surface area contributed by atoms with Gasteiger partial charge in [-0.1, -0.05) is 23.7 Å². The van der Waals surface area contributed by atoms with Crippen LogP contribution in [0.5, 0.6) is 0 Å². The molecule has 0 spiro atoms. The minimum atomic E-state index is -0.159. The highest BCUT2D eigenvalue weighted by Gasteiger charge is 2.31. The normalized spacial score (nSPS) is 21.4. The third kappa shape index (κ3) is 2.35. The predicted octanol–water partition coefficient (Wildman–Crippen LogP) is 2.51. The lowest BCUT2D eigenvalue weighted by Gasteiger charge is -2.36. The second kappa shape index (κ2) is 5.20. The number of benzene rings is 1. The van der Waals surface area contributed by atoms with Gasteiger partial charge in [0, 0.05) is 25.0 Å². The van der Waals surface area contributed by atoms with Gasteiger partial charge in [0.25, 0.3) is 0 Å². The molecule has 0 N–H and O–H groups in total. The molecule has 1 aliphatic rings. The second-order valence-electron chi connectivity index (χ2n) is 5.39. The Balaban J connectivity index is 1.94. The van der Waals surface area contributed by atoms with Crippen molar-refractivity contribution in [1.29, 1.82) is 0 Å². The van der Waals surface area contributed by atoms with Crippen LogP contribution in [-0.4, -0.2) is 55.4 Å². The molecular formula is C15H17ClN2O2. The molecule has 3 rings (SSSR count). The molecule has 1 atom stereocenters. The summed E-state index contributed by atoms with van der Waals surface area (Å²) in [5.74, 6) is 0.409. The Hall–Kier alpha value is -1.36. The van der Waals surface area contributed by atoms with Crippen LogP contribution < -0.4 is 0 Å². The van der Waals surface area contributed by atoms with Crippen LogP contribution >= 0.6 is 11.6 Å². The molecule has 0 amide bonds. The summed E-state index contributed by atoms with van der Waals surface area (Å²) in [6.07, 6.45) is 0. The Labute approximate surface area is 122 Å². The monoisotopic (exact) mass is 292 g/mol. The van der Waals surface area contributed by atoms with Crippen LogP contribution in [0.4, 0.5) is 0 Å². The number of likely N-dealkylation sites (N-methyl/N-ethyl adjacent to an activating group) is 2. The van der Waals surface area contributed by atoms with Crippen LogP contribution in [-0.2, 0) is 0 Å². The van der Waals surface area contributed by atoms with Gasteiger partial charge in [0.05, 0.1) is 11.1 Å². The van der Waals surface area contributed by atoms with E-state index < -0.39 is 0 Å². The summed E-state index contributed by atoms with van der Waals surface area (Å²) in [6, 6.07) is 7.15. The number of nitrogens with zero attached hydrogens (tertiary/aromatic N) is 2. The van der Waals surface area contributed by atoms with E-state index in [1.54, 1.807) is 12.1 Å². The molecule has 0 saturated carbocycles. The van der Waals surface area contributed by atoms with Crippen LogP contribution in [0.25, 0.3) is 11.0 Å². The fourth-order valence-corrected chi connectivity index (χ4v) is 2.83. The van der Waals surface area contributed by atoms with Crippen LogP contribution in [0, 0.1) is 0 Å². The van der Waals surface area contributed by atoms with E-state index in [0.29, 0.717) is 16.4 Å². The van der Waals surface area contributed by atoms with Gasteiger partial charge < -0.3 is 9.32 Å². The maximum atomic E-state index is 12.6. The van der Waals surface area contributed by atoms with Crippen LogP contribution in [0.2, 0.25) is 5.02 Å². The molecule has 1 aromatic heterocycles. The Morgan fingerprint density at radius 3 is 2.90 bits per heavy atom. The van der Waals surface area contributed by atoms with Gasteiger partial charge in [0.1, 0.15) is 0 Å². The highest BCUT2D eigenvalue weighted by Crippen LogP contribution is 2.27. The quantitative estimate of drug-likeness (QED) is 0.797. The zero-order valence-corrected chi connectivity index (χ0v) is 12.4. The first kappa shape index (κ1) is 13.6. The molecule has 1 aromatic carbocycles. The number of hydrogen-bond donors (Lipinski definition) is 0. The Bertz CT molecular complexity index is 652. The molecule has 5 heteroatoms. The standard InChI is InChI=1S/C15H17ClN2O2/c1-17-6-7-18(2)12(9-17)14(19)13-8-10-4-3-5-11(16)15(10)20-13/h3-5,8,12H,6-7,9H2,1-2H3. The van der Waals surface area contributed by atoms with Crippen LogP contribution in [0.15, 0.2) is 28.7 Å². The van der Waals surface area contributed by atoms with Crippen molar-refractivity contribution in [1.82, 2.24) is 9.80 Å². The predicted molar refractivity (Wildman–Crippen MR) is 79.5 cm³/mol. The van der Waals surface area contributed by atoms with Crippen molar-refractivity contribution < 1.29 is 9.21 Å². The number of halogens is 1. The van der Waals surface area contributed by atoms with E-state index in [-0.39, 0.29) is 11.8 Å². The van der Waals surface area contributed by atoms with E-state index in [1.807, 2.05) is 26.2 Å². The molecule has 0 radical (unpaired) electrons. The number of hydrogen-bond acceptors (Lipinski definition) is 4. The Kier molecular flexibility index (Phi) is 3.54. The largest absolute Gasteiger partial charge is 0.451 e. The first-order chi connectivity index (χ1) is 9.56. The minimum Gasteiger partial charge on any atom is -0.451 e. The fraction of sp³-hybridized carbons (Fsp3) is 0.400. The van der Waals surface area contributed by atoms with Crippen molar-refractivity contribution >= 4 is 28.4 Å². The maximum Gasteiger partial charge on any atom is 0.216 e. The Morgan fingerprint density at radius 1 is 1.35 bits per heavy atom. The number of carbonyl (C=O) groups excluding carboxylic acids is 1. The molecule has 2 heterocycles. The first-order valence-electron chi connectivity index (χ1n) is 6.67. The lowest BCUT2D eigenvalue weighted by molar-refractivity contribution is 0.0661. The number of fused-ring (bicyclic) bond motifs is 1. The van der Waals surface area contributed by atoms with Gasteiger partial charge in [-0.05, 0) is 26.2 Å². The topological polar surface area (TPSA) is 36.7 Å². The Morgan fingerprint density at radius 2 is 2.15 bits per heavy atom. The van der Waals surface area contributed by atoms with E-state index >= 15 is 0 Å². The number of para-hydroxylation sites is 1. The molecule has 0 bridgehead atoms. The van der Waals surface area contributed by atoms with E-state index in [2.05, 4.69) is 9.80 Å². The molecule has 1 unspecified atom stereocenters. The number of piperazine rings is 1. The molecule has 1 saturated heterocycles. The zero-order chi connectivity index (χ0) is 14.3. The summed E-state index contributed by atoms with van der Waals surface area (Å²) in [4.78, 5) is 16.9. The van der Waals surface area contributed by atoms with Crippen molar-refractivity contribution in [2.45, 2.75) is 6.04 Å². The van der Waals surface area contributed by atoms with Gasteiger partial charge in [0.2, 0.25) is 5.78 Å². The average molecular weight is 293 g/mol. The summed E-state index contributed by atoms with van der Waals surface area (Å²) in [5, 5.41) is 1.41. The van der Waals surface area contributed by atoms with Crippen molar-refractivity contribution in [2.75, 3.05) is 33.7 Å². The third-order valence-corrected chi connectivity index (χ3v) is 4.19. The average Bonchev–Trinajstić information content (AvgIpc) is 2.86. The summed E-state index contributed by atoms with van der Waals surface area (Å²) in [6.45, 7) is 2.58. The van der Waals surface area contributed by atoms with Crippen molar-refractivity contribution in [3.8, 4) is 0 Å². The van der Waals surface area contributed by atoms with Crippen molar-refractivity contribution in [3.63, 3.8) is 0 Å². The van der Waals surface area contributed by atoms with Crippen LogP contribution in [0.3, 0.4) is 0 Å². The summed E-state index contributed by atoms with van der Waals surface area (Å²) < 4.78 is 5.67. The lowest BCUT2D eigenvalue weighted by atomic mass is 10.1. The first-order valence-corrected chi connectivity index (χ1v) is 7.05. The van der Waals surface area contributed by atoms with Crippen molar-refractivity contribution in [3.05, 3.63) is 35.0 Å². The third-order valence-electron chi connectivity index (χ3n) is 3.89. The number of Topliss-reactive ketones (excluding diaryl/α,β-unsaturated/α-hetero) is 1. The van der Waals surface area contributed by atoms with Crippen LogP contribution in [0.1, 0.15) is 10.6 Å². The molecular weight excluding hydrogens is 276 g/mol. The lowest BCUT2D eigenvalue weighted by Crippen LogP contribution is -2.53. The van der Waals surface area contributed by atoms with E-state index in [9.17, 15) is 4.79 Å². The molecule has 20 heavy (non-hydrogen) atoms. The van der Waals surface area contributed by atoms with Gasteiger partial charge in [0.15, 0.2) is 11.3 Å². The van der Waals surface area contributed by atoms with E-state index in [0.717, 1.165) is 25.0 Å². The highest BCUT2D eigenvalue weighted by molar-refractivity contribution is 6.34. The smallest absolute Gasteiger partial charge is 0.216 e. The van der Waals surface area contributed by atoms with Gasteiger partial charge in [-0.15, -0.1) is 0 Å². The van der Waals surface area contributed by atoms with Gasteiger partial charge in [-0.2, -0.15) is 0 Å². The molecule has 106 valence electrons.